The van der Waals surface area contributed by atoms with E-state index in [2.05, 4.69) is 15.6 Å². The Morgan fingerprint density at radius 1 is 1.03 bits per heavy atom. The van der Waals surface area contributed by atoms with Crippen LogP contribution in [0.1, 0.15) is 30.3 Å². The number of piperazine rings is 1. The van der Waals surface area contributed by atoms with Crippen LogP contribution in [0.15, 0.2) is 24.3 Å². The van der Waals surface area contributed by atoms with Crippen LogP contribution >= 0.6 is 0 Å². The summed E-state index contributed by atoms with van der Waals surface area (Å²) >= 11 is 0. The summed E-state index contributed by atoms with van der Waals surface area (Å²) in [6.45, 7) is 4.67. The monoisotopic (exact) mass is 415 g/mol. The van der Waals surface area contributed by atoms with E-state index in [1.54, 1.807) is 21.9 Å². The topological polar surface area (TPSA) is 97.5 Å². The molecule has 4 rings (SSSR count). The highest BCUT2D eigenvalue weighted by Crippen LogP contribution is 2.24. The summed E-state index contributed by atoms with van der Waals surface area (Å²) in [7, 11) is 0. The fraction of sp³-hybridized carbons (Fsp3) is 0.476. The maximum absolute atomic E-state index is 13.5. The van der Waals surface area contributed by atoms with E-state index in [4.69, 9.17) is 0 Å². The van der Waals surface area contributed by atoms with Gasteiger partial charge in [-0.2, -0.15) is 0 Å². The lowest BCUT2D eigenvalue weighted by Gasteiger charge is -2.43. The van der Waals surface area contributed by atoms with Gasteiger partial charge in [0.15, 0.2) is 0 Å². The summed E-state index contributed by atoms with van der Waals surface area (Å²) in [4.78, 5) is 44.5. The van der Waals surface area contributed by atoms with E-state index in [-0.39, 0.29) is 23.5 Å². The van der Waals surface area contributed by atoms with Gasteiger partial charge in [0, 0.05) is 44.0 Å². The van der Waals surface area contributed by atoms with Gasteiger partial charge < -0.3 is 25.4 Å². The van der Waals surface area contributed by atoms with Crippen molar-refractivity contribution in [2.75, 3.05) is 39.3 Å². The highest BCUT2D eigenvalue weighted by atomic mass is 19.1. The predicted molar refractivity (Wildman–Crippen MR) is 109 cm³/mol. The molecular weight excluding hydrogens is 389 g/mol. The number of H-pyrrole nitrogens is 1. The first kappa shape index (κ1) is 20.3. The molecule has 2 aliphatic heterocycles. The van der Waals surface area contributed by atoms with Crippen molar-refractivity contribution >= 4 is 28.6 Å². The molecule has 9 heteroatoms. The van der Waals surface area contributed by atoms with Crippen molar-refractivity contribution in [1.82, 2.24) is 25.4 Å². The normalized spacial score (nSPS) is 19.0. The van der Waals surface area contributed by atoms with E-state index in [9.17, 15) is 18.8 Å². The molecule has 3 N–H and O–H groups in total. The van der Waals surface area contributed by atoms with Gasteiger partial charge in [0.1, 0.15) is 17.1 Å². The fourth-order valence-electron chi connectivity index (χ4n) is 4.28. The van der Waals surface area contributed by atoms with Gasteiger partial charge >= 0.3 is 0 Å². The minimum Gasteiger partial charge on any atom is -0.351 e. The second-order valence-electron chi connectivity index (χ2n) is 8.00. The molecular formula is C21H26FN5O3. The Labute approximate surface area is 173 Å². The number of hydrogen-bond acceptors (Lipinski definition) is 4. The molecule has 0 bridgehead atoms. The number of aromatic amines is 1. The van der Waals surface area contributed by atoms with Crippen molar-refractivity contribution in [3.05, 3.63) is 35.8 Å². The Hall–Kier alpha value is -2.94. The van der Waals surface area contributed by atoms with Crippen molar-refractivity contribution in [3.63, 3.8) is 0 Å². The molecule has 0 radical (unpaired) electrons. The highest BCUT2D eigenvalue weighted by Gasteiger charge is 2.44. The Balaban J connectivity index is 1.53. The van der Waals surface area contributed by atoms with Gasteiger partial charge in [0.05, 0.1) is 0 Å². The van der Waals surface area contributed by atoms with E-state index in [0.29, 0.717) is 68.7 Å². The number of rotatable bonds is 3. The first-order chi connectivity index (χ1) is 14.4. The molecule has 2 fully saturated rings. The van der Waals surface area contributed by atoms with E-state index < -0.39 is 5.54 Å². The van der Waals surface area contributed by atoms with Gasteiger partial charge in [0.25, 0.3) is 5.91 Å². The number of nitrogens with one attached hydrogen (secondary N) is 3. The number of carbonyl (C=O) groups excluding carboxylic acids is 3. The predicted octanol–water partition coefficient (Wildman–Crippen LogP) is 0.850. The van der Waals surface area contributed by atoms with Gasteiger partial charge in [-0.1, -0.05) is 0 Å². The van der Waals surface area contributed by atoms with Crippen LogP contribution in [0.2, 0.25) is 0 Å². The Morgan fingerprint density at radius 2 is 1.70 bits per heavy atom. The van der Waals surface area contributed by atoms with Crippen LogP contribution in [-0.2, 0) is 9.59 Å². The van der Waals surface area contributed by atoms with Crippen LogP contribution in [0.5, 0.6) is 0 Å². The molecule has 160 valence electrons. The maximum Gasteiger partial charge on any atom is 0.268 e. The van der Waals surface area contributed by atoms with Crippen molar-refractivity contribution in [1.29, 1.82) is 0 Å². The van der Waals surface area contributed by atoms with Gasteiger partial charge in [-0.25, -0.2) is 4.39 Å². The number of benzene rings is 1. The van der Waals surface area contributed by atoms with Gasteiger partial charge in [-0.15, -0.1) is 0 Å². The van der Waals surface area contributed by atoms with Crippen LogP contribution in [0.4, 0.5) is 4.39 Å². The number of hydrogen-bond donors (Lipinski definition) is 3. The van der Waals surface area contributed by atoms with Crippen molar-refractivity contribution < 1.29 is 18.8 Å². The second-order valence-corrected chi connectivity index (χ2v) is 8.00. The molecule has 0 saturated carbocycles. The Morgan fingerprint density at radius 3 is 2.37 bits per heavy atom. The molecule has 0 aliphatic carbocycles. The zero-order valence-electron chi connectivity index (χ0n) is 17.0. The van der Waals surface area contributed by atoms with E-state index in [1.165, 1.54) is 19.1 Å². The average molecular weight is 415 g/mol. The first-order valence-corrected chi connectivity index (χ1v) is 10.2. The van der Waals surface area contributed by atoms with Crippen molar-refractivity contribution in [2.24, 2.45) is 0 Å². The largest absolute Gasteiger partial charge is 0.351 e. The van der Waals surface area contributed by atoms with Crippen LogP contribution in [0.25, 0.3) is 10.9 Å². The maximum atomic E-state index is 13.5. The van der Waals surface area contributed by atoms with E-state index in [1.807, 2.05) is 0 Å². The molecule has 0 atom stereocenters. The number of aromatic nitrogens is 1. The third-order valence-electron chi connectivity index (χ3n) is 6.06. The van der Waals surface area contributed by atoms with Crippen LogP contribution in [0.3, 0.4) is 0 Å². The molecule has 2 aromatic rings. The first-order valence-electron chi connectivity index (χ1n) is 10.2. The summed E-state index contributed by atoms with van der Waals surface area (Å²) in [6, 6.07) is 5.88. The number of amides is 3. The Kier molecular flexibility index (Phi) is 5.46. The molecule has 0 spiro atoms. The lowest BCUT2D eigenvalue weighted by atomic mass is 9.86. The number of piperidine rings is 1. The SMILES string of the molecule is CC(=O)N1CCN(C(=O)C2(NC(=O)c3cc4cc(F)ccc4[nH]3)CCNCC2)CC1. The second kappa shape index (κ2) is 8.06. The lowest BCUT2D eigenvalue weighted by molar-refractivity contribution is -0.144. The summed E-state index contributed by atoms with van der Waals surface area (Å²) in [5.41, 5.74) is -0.0428. The number of nitrogens with zero attached hydrogens (tertiary/aromatic N) is 2. The molecule has 3 amide bonds. The smallest absolute Gasteiger partial charge is 0.268 e. The zero-order valence-corrected chi connectivity index (χ0v) is 17.0. The molecule has 2 saturated heterocycles. The van der Waals surface area contributed by atoms with Gasteiger partial charge in [0.2, 0.25) is 11.8 Å². The van der Waals surface area contributed by atoms with Crippen molar-refractivity contribution in [2.45, 2.75) is 25.3 Å². The van der Waals surface area contributed by atoms with Crippen LogP contribution in [-0.4, -0.2) is 77.3 Å². The molecule has 30 heavy (non-hydrogen) atoms. The van der Waals surface area contributed by atoms with Crippen molar-refractivity contribution in [3.8, 4) is 0 Å². The summed E-state index contributed by atoms with van der Waals surface area (Å²) < 4.78 is 13.5. The summed E-state index contributed by atoms with van der Waals surface area (Å²) in [5, 5.41) is 6.82. The Bertz CT molecular complexity index is 974. The zero-order chi connectivity index (χ0) is 21.3. The molecule has 1 aromatic heterocycles. The minimum atomic E-state index is -0.997. The number of halogens is 1. The summed E-state index contributed by atoms with van der Waals surface area (Å²) in [5.74, 6) is -0.864. The van der Waals surface area contributed by atoms with Gasteiger partial charge in [-0.05, 0) is 50.2 Å². The van der Waals surface area contributed by atoms with Gasteiger partial charge in [-0.3, -0.25) is 14.4 Å². The van der Waals surface area contributed by atoms with E-state index >= 15 is 0 Å². The highest BCUT2D eigenvalue weighted by molar-refractivity contribution is 6.01. The average Bonchev–Trinajstić information content (AvgIpc) is 3.17. The van der Waals surface area contributed by atoms with E-state index in [0.717, 1.165) is 0 Å². The molecule has 8 nitrogen and oxygen atoms in total. The number of carbonyl (C=O) groups is 3. The standard InChI is InChI=1S/C21H26FN5O3/c1-14(28)26-8-10-27(11-9-26)20(30)21(4-6-23-7-5-21)25-19(29)18-13-15-12-16(22)2-3-17(15)24-18/h2-3,12-13,23-24H,4-11H2,1H3,(H,25,29). The van der Waals surface area contributed by atoms with Crippen LogP contribution < -0.4 is 10.6 Å². The quantitative estimate of drug-likeness (QED) is 0.692. The molecule has 3 heterocycles. The molecule has 1 aromatic carbocycles. The third kappa shape index (κ3) is 3.89. The number of fused-ring (bicyclic) bond motifs is 1. The molecule has 0 unspecified atom stereocenters. The van der Waals surface area contributed by atoms with Crippen LogP contribution in [0, 0.1) is 5.82 Å². The summed E-state index contributed by atoms with van der Waals surface area (Å²) in [6.07, 6.45) is 0.971. The lowest BCUT2D eigenvalue weighted by Crippen LogP contribution is -2.65. The molecule has 2 aliphatic rings. The minimum absolute atomic E-state index is 0.00206. The third-order valence-corrected chi connectivity index (χ3v) is 6.06. The fourth-order valence-corrected chi connectivity index (χ4v) is 4.28.